The summed E-state index contributed by atoms with van der Waals surface area (Å²) in [6.07, 6.45) is 1.50. The Balaban J connectivity index is 2.00. The van der Waals surface area contributed by atoms with E-state index in [-0.39, 0.29) is 11.8 Å². The fraction of sp³-hybridized carbons (Fsp3) is 0.462. The highest BCUT2D eigenvalue weighted by molar-refractivity contribution is 5.73. The van der Waals surface area contributed by atoms with Gasteiger partial charge in [-0.1, -0.05) is 6.07 Å². The third-order valence-corrected chi connectivity index (χ3v) is 3.64. The van der Waals surface area contributed by atoms with E-state index in [2.05, 4.69) is 5.32 Å². The lowest BCUT2D eigenvalue weighted by Crippen LogP contribution is -2.28. The van der Waals surface area contributed by atoms with Gasteiger partial charge in [-0.15, -0.1) is 0 Å². The third-order valence-electron chi connectivity index (χ3n) is 3.64. The summed E-state index contributed by atoms with van der Waals surface area (Å²) in [5, 5.41) is 13.5. The van der Waals surface area contributed by atoms with Gasteiger partial charge in [-0.3, -0.25) is 4.57 Å². The van der Waals surface area contributed by atoms with Crippen LogP contribution in [0.2, 0.25) is 0 Å². The number of aliphatic hydroxyl groups is 1. The van der Waals surface area contributed by atoms with Crippen molar-refractivity contribution in [1.82, 2.24) is 9.88 Å². The number of benzene rings is 1. The molecule has 5 heteroatoms. The molecule has 0 spiro atoms. The van der Waals surface area contributed by atoms with Crippen LogP contribution in [0.25, 0.3) is 11.1 Å². The minimum Gasteiger partial charge on any atom is -0.408 e. The second kappa shape index (κ2) is 4.26. The number of fused-ring (bicyclic) bond motifs is 1. The molecular weight excluding hydrogens is 232 g/mol. The van der Waals surface area contributed by atoms with Crippen molar-refractivity contribution in [3.63, 3.8) is 0 Å². The van der Waals surface area contributed by atoms with Crippen LogP contribution >= 0.6 is 0 Å². The van der Waals surface area contributed by atoms with E-state index in [0.717, 1.165) is 30.5 Å². The van der Waals surface area contributed by atoms with E-state index in [1.807, 2.05) is 12.1 Å². The summed E-state index contributed by atoms with van der Waals surface area (Å²) in [7, 11) is 1.67. The van der Waals surface area contributed by atoms with Crippen LogP contribution in [-0.2, 0) is 7.05 Å². The number of aliphatic hydroxyl groups excluding tert-OH is 1. The quantitative estimate of drug-likeness (QED) is 0.829. The number of hydrogen-bond donors (Lipinski definition) is 2. The molecule has 0 radical (unpaired) electrons. The topological polar surface area (TPSA) is 67.4 Å². The van der Waals surface area contributed by atoms with Gasteiger partial charge in [0.1, 0.15) is 0 Å². The van der Waals surface area contributed by atoms with E-state index in [1.165, 1.54) is 4.57 Å². The molecule has 2 atom stereocenters. The van der Waals surface area contributed by atoms with Crippen molar-refractivity contribution >= 4 is 11.1 Å². The Bertz CT molecular complexity index is 623. The second-order valence-corrected chi connectivity index (χ2v) is 4.80. The summed E-state index contributed by atoms with van der Waals surface area (Å²) in [5.74, 6) is -0.379. The Morgan fingerprint density at radius 2 is 2.39 bits per heavy atom. The maximum atomic E-state index is 11.4. The first-order valence-electron chi connectivity index (χ1n) is 6.18. The molecule has 1 saturated heterocycles. The first kappa shape index (κ1) is 11.5. The van der Waals surface area contributed by atoms with Crippen LogP contribution in [0.15, 0.2) is 27.4 Å². The highest BCUT2D eigenvalue weighted by Gasteiger charge is 2.24. The lowest BCUT2D eigenvalue weighted by molar-refractivity contribution is 0.137. The van der Waals surface area contributed by atoms with Crippen molar-refractivity contribution < 1.29 is 9.52 Å². The number of rotatable bonds is 2. The van der Waals surface area contributed by atoms with Crippen LogP contribution in [0.4, 0.5) is 0 Å². The molecule has 96 valence electrons. The van der Waals surface area contributed by atoms with E-state index in [1.54, 1.807) is 13.1 Å². The SMILES string of the molecule is Cn1c(=O)oc2cc(C(O)C3CCCN3)ccc21. The molecule has 1 aliphatic heterocycles. The minimum absolute atomic E-state index is 0.0953. The second-order valence-electron chi connectivity index (χ2n) is 4.80. The molecular formula is C13H16N2O3. The Morgan fingerprint density at radius 3 is 3.11 bits per heavy atom. The molecule has 0 bridgehead atoms. The third kappa shape index (κ3) is 1.76. The van der Waals surface area contributed by atoms with E-state index < -0.39 is 6.10 Å². The molecule has 2 aromatic rings. The zero-order chi connectivity index (χ0) is 12.7. The monoisotopic (exact) mass is 248 g/mol. The molecule has 2 heterocycles. The van der Waals surface area contributed by atoms with Gasteiger partial charge in [-0.25, -0.2) is 4.79 Å². The van der Waals surface area contributed by atoms with Crippen molar-refractivity contribution in [2.24, 2.45) is 7.05 Å². The standard InChI is InChI=1S/C13H16N2O3/c1-15-10-5-4-8(7-11(10)18-13(15)17)12(16)9-3-2-6-14-9/h4-5,7,9,12,14,16H,2-3,6H2,1H3. The molecule has 2 N–H and O–H groups in total. The average Bonchev–Trinajstić information content (AvgIpc) is 2.98. The summed E-state index contributed by atoms with van der Waals surface area (Å²) in [6.45, 7) is 0.949. The van der Waals surface area contributed by atoms with Gasteiger partial charge in [0, 0.05) is 13.1 Å². The number of aromatic nitrogens is 1. The van der Waals surface area contributed by atoms with Crippen molar-refractivity contribution in [1.29, 1.82) is 0 Å². The molecule has 18 heavy (non-hydrogen) atoms. The first-order valence-corrected chi connectivity index (χ1v) is 6.18. The van der Waals surface area contributed by atoms with Gasteiger partial charge in [0.15, 0.2) is 5.58 Å². The molecule has 1 aromatic heterocycles. The van der Waals surface area contributed by atoms with Crippen molar-refractivity contribution in [3.05, 3.63) is 34.3 Å². The van der Waals surface area contributed by atoms with E-state index in [9.17, 15) is 9.90 Å². The van der Waals surface area contributed by atoms with Crippen LogP contribution in [0.5, 0.6) is 0 Å². The average molecular weight is 248 g/mol. The molecule has 0 saturated carbocycles. The Labute approximate surface area is 104 Å². The largest absolute Gasteiger partial charge is 0.419 e. The molecule has 0 amide bonds. The van der Waals surface area contributed by atoms with Gasteiger partial charge in [0.2, 0.25) is 0 Å². The van der Waals surface area contributed by atoms with Crippen LogP contribution in [0, 0.1) is 0 Å². The maximum Gasteiger partial charge on any atom is 0.419 e. The predicted molar refractivity (Wildman–Crippen MR) is 67.4 cm³/mol. The molecule has 1 aromatic carbocycles. The van der Waals surface area contributed by atoms with E-state index >= 15 is 0 Å². The fourth-order valence-electron chi connectivity index (χ4n) is 2.55. The Kier molecular flexibility index (Phi) is 2.72. The normalized spacial score (nSPS) is 21.6. The molecule has 2 unspecified atom stereocenters. The van der Waals surface area contributed by atoms with Crippen molar-refractivity contribution in [2.75, 3.05) is 6.54 Å². The molecule has 3 rings (SSSR count). The zero-order valence-electron chi connectivity index (χ0n) is 10.2. The highest BCUT2D eigenvalue weighted by atomic mass is 16.4. The van der Waals surface area contributed by atoms with Gasteiger partial charge in [-0.05, 0) is 37.1 Å². The number of nitrogens with one attached hydrogen (secondary N) is 1. The molecule has 0 aliphatic carbocycles. The van der Waals surface area contributed by atoms with Crippen molar-refractivity contribution in [2.45, 2.75) is 25.0 Å². The summed E-state index contributed by atoms with van der Waals surface area (Å²) in [5.41, 5.74) is 2.06. The smallest absolute Gasteiger partial charge is 0.408 e. The maximum absolute atomic E-state index is 11.4. The number of hydrogen-bond acceptors (Lipinski definition) is 4. The summed E-state index contributed by atoms with van der Waals surface area (Å²) in [4.78, 5) is 11.4. The van der Waals surface area contributed by atoms with E-state index in [0.29, 0.717) is 5.58 Å². The predicted octanol–water partition coefficient (Wildman–Crippen LogP) is 0.917. The first-order chi connectivity index (χ1) is 8.66. The lowest BCUT2D eigenvalue weighted by atomic mass is 10.0. The molecule has 1 aliphatic rings. The Hall–Kier alpha value is -1.59. The van der Waals surface area contributed by atoms with Crippen LogP contribution < -0.4 is 11.1 Å². The van der Waals surface area contributed by atoms with Gasteiger partial charge in [-0.2, -0.15) is 0 Å². The van der Waals surface area contributed by atoms with Gasteiger partial charge < -0.3 is 14.8 Å². The lowest BCUT2D eigenvalue weighted by Gasteiger charge is -2.18. The van der Waals surface area contributed by atoms with E-state index in [4.69, 9.17) is 4.42 Å². The van der Waals surface area contributed by atoms with Crippen molar-refractivity contribution in [3.8, 4) is 0 Å². The number of nitrogens with zero attached hydrogens (tertiary/aromatic N) is 1. The highest BCUT2D eigenvalue weighted by Crippen LogP contribution is 2.25. The van der Waals surface area contributed by atoms with Gasteiger partial charge >= 0.3 is 5.76 Å². The molecule has 5 nitrogen and oxygen atoms in total. The number of oxazole rings is 1. The van der Waals surface area contributed by atoms with Gasteiger partial charge in [0.25, 0.3) is 0 Å². The van der Waals surface area contributed by atoms with Crippen LogP contribution in [-0.4, -0.2) is 22.3 Å². The zero-order valence-corrected chi connectivity index (χ0v) is 10.2. The summed E-state index contributed by atoms with van der Waals surface area (Å²) in [6, 6.07) is 5.51. The van der Waals surface area contributed by atoms with Crippen LogP contribution in [0.3, 0.4) is 0 Å². The number of aryl methyl sites for hydroxylation is 1. The Morgan fingerprint density at radius 1 is 1.56 bits per heavy atom. The minimum atomic E-state index is -0.553. The fourth-order valence-corrected chi connectivity index (χ4v) is 2.55. The summed E-state index contributed by atoms with van der Waals surface area (Å²) >= 11 is 0. The van der Waals surface area contributed by atoms with Gasteiger partial charge in [0.05, 0.1) is 11.6 Å². The summed E-state index contributed by atoms with van der Waals surface area (Å²) < 4.78 is 6.59. The van der Waals surface area contributed by atoms with Crippen LogP contribution in [0.1, 0.15) is 24.5 Å². The molecule has 1 fully saturated rings.